The van der Waals surface area contributed by atoms with Gasteiger partial charge in [0.15, 0.2) is 0 Å². The lowest BCUT2D eigenvalue weighted by atomic mass is 10.1. The molecule has 1 aromatic carbocycles. The average molecular weight is 339 g/mol. The summed E-state index contributed by atoms with van der Waals surface area (Å²) in [5.41, 5.74) is 1.11. The summed E-state index contributed by atoms with van der Waals surface area (Å²) in [4.78, 5) is 27.8. The molecule has 0 bridgehead atoms. The molecule has 5 nitrogen and oxygen atoms in total. The first-order valence-electron chi connectivity index (χ1n) is 7.89. The number of hydrogen-bond donors (Lipinski definition) is 0. The van der Waals surface area contributed by atoms with Crippen molar-refractivity contribution in [2.24, 2.45) is 0 Å². The molecule has 1 aliphatic heterocycles. The van der Waals surface area contributed by atoms with Crippen molar-refractivity contribution in [2.75, 3.05) is 39.9 Å². The van der Waals surface area contributed by atoms with E-state index in [1.807, 2.05) is 29.2 Å². The zero-order valence-electron chi connectivity index (χ0n) is 13.5. The molecule has 0 spiro atoms. The normalized spacial score (nSPS) is 15.4. The highest BCUT2D eigenvalue weighted by atomic mass is 35.5. The van der Waals surface area contributed by atoms with Gasteiger partial charge in [-0.3, -0.25) is 9.59 Å². The molecule has 126 valence electrons. The van der Waals surface area contributed by atoms with Gasteiger partial charge < -0.3 is 14.5 Å². The molecule has 23 heavy (non-hydrogen) atoms. The van der Waals surface area contributed by atoms with Crippen LogP contribution in [0.4, 0.5) is 0 Å². The largest absolute Gasteiger partial charge is 0.375 e. The van der Waals surface area contributed by atoms with Crippen molar-refractivity contribution in [3.8, 4) is 0 Å². The van der Waals surface area contributed by atoms with Crippen LogP contribution in [0.2, 0.25) is 5.02 Å². The van der Waals surface area contributed by atoms with Crippen LogP contribution in [-0.4, -0.2) is 61.5 Å². The van der Waals surface area contributed by atoms with Crippen molar-refractivity contribution < 1.29 is 14.3 Å². The van der Waals surface area contributed by atoms with E-state index in [0.29, 0.717) is 44.0 Å². The minimum absolute atomic E-state index is 0.0111. The summed E-state index contributed by atoms with van der Waals surface area (Å²) in [6.07, 6.45) is 1.99. The second kappa shape index (κ2) is 8.89. The van der Waals surface area contributed by atoms with E-state index in [1.54, 1.807) is 4.90 Å². The summed E-state index contributed by atoms with van der Waals surface area (Å²) < 4.78 is 4.89. The number of amides is 2. The minimum atomic E-state index is -0.0111. The van der Waals surface area contributed by atoms with E-state index in [9.17, 15) is 9.59 Å². The molecule has 1 heterocycles. The number of hydrogen-bond acceptors (Lipinski definition) is 3. The van der Waals surface area contributed by atoms with Crippen molar-refractivity contribution in [1.29, 1.82) is 0 Å². The molecule has 0 radical (unpaired) electrons. The number of benzene rings is 1. The van der Waals surface area contributed by atoms with Gasteiger partial charge in [-0.2, -0.15) is 0 Å². The zero-order valence-corrected chi connectivity index (χ0v) is 14.2. The Balaban J connectivity index is 1.81. The minimum Gasteiger partial charge on any atom is -0.375 e. The number of aryl methyl sites for hydroxylation is 1. The lowest BCUT2D eigenvalue weighted by molar-refractivity contribution is -0.136. The number of ether oxygens (including phenoxy) is 1. The summed E-state index contributed by atoms with van der Waals surface area (Å²) in [5, 5.41) is 0.702. The molecule has 1 aliphatic rings. The van der Waals surface area contributed by atoms with Gasteiger partial charge >= 0.3 is 0 Å². The Kier molecular flexibility index (Phi) is 6.86. The van der Waals surface area contributed by atoms with Gasteiger partial charge in [-0.1, -0.05) is 23.7 Å². The van der Waals surface area contributed by atoms with E-state index in [2.05, 4.69) is 0 Å². The fourth-order valence-corrected chi connectivity index (χ4v) is 2.82. The highest BCUT2D eigenvalue weighted by Gasteiger charge is 2.21. The molecule has 2 amide bonds. The van der Waals surface area contributed by atoms with Crippen LogP contribution in [0.5, 0.6) is 0 Å². The van der Waals surface area contributed by atoms with Crippen LogP contribution in [0.1, 0.15) is 18.4 Å². The lowest BCUT2D eigenvalue weighted by Gasteiger charge is -2.22. The van der Waals surface area contributed by atoms with Gasteiger partial charge in [0.25, 0.3) is 0 Å². The van der Waals surface area contributed by atoms with Gasteiger partial charge in [0, 0.05) is 44.7 Å². The molecule has 1 fully saturated rings. The van der Waals surface area contributed by atoms with E-state index < -0.39 is 0 Å². The van der Waals surface area contributed by atoms with E-state index in [4.69, 9.17) is 16.3 Å². The predicted octanol–water partition coefficient (Wildman–Crippen LogP) is 1.98. The highest BCUT2D eigenvalue weighted by molar-refractivity contribution is 6.30. The summed E-state index contributed by atoms with van der Waals surface area (Å²) in [6.45, 7) is 2.66. The zero-order chi connectivity index (χ0) is 16.7. The molecule has 0 aliphatic carbocycles. The maximum atomic E-state index is 12.4. The van der Waals surface area contributed by atoms with Crippen LogP contribution in [0.25, 0.3) is 0 Å². The maximum Gasteiger partial charge on any atom is 0.248 e. The molecule has 1 aromatic rings. The van der Waals surface area contributed by atoms with Gasteiger partial charge in [-0.15, -0.1) is 0 Å². The average Bonchev–Trinajstić information content (AvgIpc) is 2.80. The quantitative estimate of drug-likeness (QED) is 0.825. The fourth-order valence-electron chi connectivity index (χ4n) is 2.69. The Hall–Kier alpha value is -1.59. The second-order valence-corrected chi connectivity index (χ2v) is 6.11. The van der Waals surface area contributed by atoms with Crippen molar-refractivity contribution in [1.82, 2.24) is 9.80 Å². The van der Waals surface area contributed by atoms with E-state index >= 15 is 0 Å². The third-order valence-corrected chi connectivity index (χ3v) is 4.26. The van der Waals surface area contributed by atoms with Crippen molar-refractivity contribution in [2.45, 2.75) is 19.3 Å². The monoisotopic (exact) mass is 338 g/mol. The van der Waals surface area contributed by atoms with E-state index in [0.717, 1.165) is 12.0 Å². The third kappa shape index (κ3) is 5.52. The number of rotatable bonds is 5. The molecule has 0 N–H and O–H groups in total. The summed E-state index contributed by atoms with van der Waals surface area (Å²) in [5.74, 6) is 0.129. The summed E-state index contributed by atoms with van der Waals surface area (Å²) in [6, 6.07) is 7.57. The van der Waals surface area contributed by atoms with Crippen LogP contribution in [0.3, 0.4) is 0 Å². The number of carbonyl (C=O) groups is 2. The first-order valence-corrected chi connectivity index (χ1v) is 8.27. The van der Waals surface area contributed by atoms with Gasteiger partial charge in [-0.25, -0.2) is 0 Å². The Morgan fingerprint density at radius 2 is 1.65 bits per heavy atom. The highest BCUT2D eigenvalue weighted by Crippen LogP contribution is 2.12. The molecule has 0 aromatic heterocycles. The fraction of sp³-hybridized carbons (Fsp3) is 0.529. The smallest absolute Gasteiger partial charge is 0.248 e. The Morgan fingerprint density at radius 3 is 2.26 bits per heavy atom. The van der Waals surface area contributed by atoms with Crippen LogP contribution in [0.15, 0.2) is 24.3 Å². The van der Waals surface area contributed by atoms with Crippen LogP contribution in [-0.2, 0) is 20.7 Å². The molecular formula is C17H23ClN2O3. The standard InChI is InChI=1S/C17H23ClN2O3/c1-23-13-17(22)20-10-2-9-19(11-12-20)16(21)8-5-14-3-6-15(18)7-4-14/h3-4,6-7H,2,5,8-13H2,1H3. The molecular weight excluding hydrogens is 316 g/mol. The van der Waals surface area contributed by atoms with Gasteiger partial charge in [0.2, 0.25) is 11.8 Å². The number of halogens is 1. The molecule has 6 heteroatoms. The van der Waals surface area contributed by atoms with Crippen molar-refractivity contribution in [3.63, 3.8) is 0 Å². The SMILES string of the molecule is COCC(=O)N1CCCN(C(=O)CCc2ccc(Cl)cc2)CC1. The van der Waals surface area contributed by atoms with Crippen molar-refractivity contribution in [3.05, 3.63) is 34.9 Å². The number of carbonyl (C=O) groups excluding carboxylic acids is 2. The Labute approximate surface area is 142 Å². The van der Waals surface area contributed by atoms with Gasteiger partial charge in [0.05, 0.1) is 0 Å². The number of methoxy groups -OCH3 is 1. The predicted molar refractivity (Wildman–Crippen MR) is 89.4 cm³/mol. The van der Waals surface area contributed by atoms with Crippen molar-refractivity contribution >= 4 is 23.4 Å². The van der Waals surface area contributed by atoms with E-state index in [-0.39, 0.29) is 18.4 Å². The molecule has 2 rings (SSSR count). The second-order valence-electron chi connectivity index (χ2n) is 5.67. The number of nitrogens with zero attached hydrogens (tertiary/aromatic N) is 2. The van der Waals surface area contributed by atoms with Gasteiger partial charge in [0.1, 0.15) is 6.61 Å². The maximum absolute atomic E-state index is 12.4. The molecule has 1 saturated heterocycles. The lowest BCUT2D eigenvalue weighted by Crippen LogP contribution is -2.38. The van der Waals surface area contributed by atoms with Crippen LogP contribution < -0.4 is 0 Å². The summed E-state index contributed by atoms with van der Waals surface area (Å²) >= 11 is 5.86. The molecule has 0 atom stereocenters. The Morgan fingerprint density at radius 1 is 1.04 bits per heavy atom. The topological polar surface area (TPSA) is 49.9 Å². The molecule has 0 unspecified atom stereocenters. The first-order chi connectivity index (χ1) is 11.1. The Bertz CT molecular complexity index is 533. The summed E-state index contributed by atoms with van der Waals surface area (Å²) in [7, 11) is 1.52. The first kappa shape index (κ1) is 17.8. The third-order valence-electron chi connectivity index (χ3n) is 4.01. The van der Waals surface area contributed by atoms with Gasteiger partial charge in [-0.05, 0) is 30.5 Å². The van der Waals surface area contributed by atoms with E-state index in [1.165, 1.54) is 7.11 Å². The van der Waals surface area contributed by atoms with Crippen LogP contribution >= 0.6 is 11.6 Å². The van der Waals surface area contributed by atoms with Crippen LogP contribution in [0, 0.1) is 0 Å². The molecule has 0 saturated carbocycles.